The third kappa shape index (κ3) is 3.63. The lowest BCUT2D eigenvalue weighted by Crippen LogP contribution is -2.29. The van der Waals surface area contributed by atoms with Gasteiger partial charge in [0.25, 0.3) is 0 Å². The summed E-state index contributed by atoms with van der Waals surface area (Å²) in [5.74, 6) is 1.68. The van der Waals surface area contributed by atoms with Crippen LogP contribution < -0.4 is 15.8 Å². The fourth-order valence-electron chi connectivity index (χ4n) is 2.36. The van der Waals surface area contributed by atoms with Crippen LogP contribution in [0.5, 0.6) is 5.75 Å². The van der Waals surface area contributed by atoms with Gasteiger partial charge in [-0.25, -0.2) is 0 Å². The Kier molecular flexibility index (Phi) is 4.26. The molecule has 0 bridgehead atoms. The van der Waals surface area contributed by atoms with E-state index in [0.717, 1.165) is 18.2 Å². The molecule has 0 aromatic heterocycles. The number of hydrogen-bond acceptors (Lipinski definition) is 3. The molecule has 0 radical (unpaired) electrons. The molecule has 0 heterocycles. The van der Waals surface area contributed by atoms with Crippen LogP contribution in [0.2, 0.25) is 0 Å². The van der Waals surface area contributed by atoms with Gasteiger partial charge >= 0.3 is 0 Å². The second kappa shape index (κ2) is 5.92. The van der Waals surface area contributed by atoms with Crippen molar-refractivity contribution in [1.29, 1.82) is 0 Å². The van der Waals surface area contributed by atoms with Crippen molar-refractivity contribution in [2.45, 2.75) is 31.7 Å². The van der Waals surface area contributed by atoms with Crippen molar-refractivity contribution in [3.63, 3.8) is 0 Å². The van der Waals surface area contributed by atoms with Gasteiger partial charge in [-0.1, -0.05) is 0 Å². The first kappa shape index (κ1) is 12.2. The molecule has 0 spiro atoms. The Bertz CT molecular complexity index is 329. The quantitative estimate of drug-likeness (QED) is 0.842. The fraction of sp³-hybridized carbons (Fsp3) is 0.571. The molecule has 17 heavy (non-hydrogen) atoms. The maximum atomic E-state index is 5.90. The minimum atomic E-state index is 0.437. The average molecular weight is 234 g/mol. The summed E-state index contributed by atoms with van der Waals surface area (Å²) < 4.78 is 5.13. The molecule has 3 nitrogen and oxygen atoms in total. The number of methoxy groups -OCH3 is 1. The highest BCUT2D eigenvalue weighted by Crippen LogP contribution is 2.24. The summed E-state index contributed by atoms with van der Waals surface area (Å²) in [7, 11) is 1.69. The van der Waals surface area contributed by atoms with Gasteiger partial charge in [0.05, 0.1) is 7.11 Å². The van der Waals surface area contributed by atoms with Gasteiger partial charge < -0.3 is 15.8 Å². The van der Waals surface area contributed by atoms with Crippen LogP contribution in [0.25, 0.3) is 0 Å². The van der Waals surface area contributed by atoms with Crippen LogP contribution in [0.3, 0.4) is 0 Å². The van der Waals surface area contributed by atoms with Crippen LogP contribution in [0, 0.1) is 5.92 Å². The van der Waals surface area contributed by atoms with E-state index in [2.05, 4.69) is 17.4 Å². The summed E-state index contributed by atoms with van der Waals surface area (Å²) in [6.45, 7) is 1.05. The largest absolute Gasteiger partial charge is 0.497 e. The van der Waals surface area contributed by atoms with Gasteiger partial charge in [-0.2, -0.15) is 0 Å². The first-order valence-corrected chi connectivity index (χ1v) is 6.41. The minimum absolute atomic E-state index is 0.437. The van der Waals surface area contributed by atoms with Gasteiger partial charge in [0.15, 0.2) is 0 Å². The summed E-state index contributed by atoms with van der Waals surface area (Å²) >= 11 is 0. The molecule has 1 fully saturated rings. The Morgan fingerprint density at radius 3 is 2.41 bits per heavy atom. The van der Waals surface area contributed by atoms with Crippen LogP contribution >= 0.6 is 0 Å². The lowest BCUT2D eigenvalue weighted by Gasteiger charge is -2.26. The summed E-state index contributed by atoms with van der Waals surface area (Å²) in [5, 5.41) is 3.48. The lowest BCUT2D eigenvalue weighted by atomic mass is 9.86. The Labute approximate surface area is 103 Å². The van der Waals surface area contributed by atoms with Crippen molar-refractivity contribution >= 4 is 5.69 Å². The van der Waals surface area contributed by atoms with Crippen LogP contribution in [0.4, 0.5) is 5.69 Å². The molecule has 94 valence electrons. The minimum Gasteiger partial charge on any atom is -0.497 e. The van der Waals surface area contributed by atoms with Crippen LogP contribution in [-0.2, 0) is 0 Å². The highest BCUT2D eigenvalue weighted by molar-refractivity contribution is 5.46. The maximum absolute atomic E-state index is 5.90. The zero-order chi connectivity index (χ0) is 12.1. The van der Waals surface area contributed by atoms with E-state index in [9.17, 15) is 0 Å². The normalized spacial score (nSPS) is 24.4. The SMILES string of the molecule is COc1ccc(NCC2CCC(N)CC2)cc1. The molecular formula is C14H22N2O. The van der Waals surface area contributed by atoms with E-state index in [1.807, 2.05) is 12.1 Å². The summed E-state index contributed by atoms with van der Waals surface area (Å²) in [5.41, 5.74) is 7.07. The van der Waals surface area contributed by atoms with Crippen molar-refractivity contribution in [3.05, 3.63) is 24.3 Å². The van der Waals surface area contributed by atoms with Gasteiger partial charge in [-0.15, -0.1) is 0 Å². The molecule has 1 saturated carbocycles. The molecule has 0 amide bonds. The van der Waals surface area contributed by atoms with E-state index < -0.39 is 0 Å². The molecule has 1 aliphatic carbocycles. The van der Waals surface area contributed by atoms with E-state index in [1.165, 1.54) is 31.4 Å². The van der Waals surface area contributed by atoms with Crippen molar-refractivity contribution in [1.82, 2.24) is 0 Å². The molecule has 0 unspecified atom stereocenters. The molecule has 1 aromatic carbocycles. The first-order chi connectivity index (χ1) is 8.28. The number of nitrogens with two attached hydrogens (primary N) is 1. The van der Waals surface area contributed by atoms with Gasteiger partial charge in [0.2, 0.25) is 0 Å². The van der Waals surface area contributed by atoms with Gasteiger partial charge in [0, 0.05) is 18.3 Å². The number of anilines is 1. The van der Waals surface area contributed by atoms with Crippen molar-refractivity contribution in [2.24, 2.45) is 11.7 Å². The van der Waals surface area contributed by atoms with Gasteiger partial charge in [-0.3, -0.25) is 0 Å². The molecule has 3 N–H and O–H groups in total. The number of rotatable bonds is 4. The first-order valence-electron chi connectivity index (χ1n) is 6.41. The number of nitrogens with one attached hydrogen (secondary N) is 1. The van der Waals surface area contributed by atoms with Gasteiger partial charge in [0.1, 0.15) is 5.75 Å². The lowest BCUT2D eigenvalue weighted by molar-refractivity contribution is 0.339. The number of hydrogen-bond donors (Lipinski definition) is 2. The third-order valence-corrected chi connectivity index (χ3v) is 3.58. The van der Waals surface area contributed by atoms with Crippen LogP contribution in [-0.4, -0.2) is 19.7 Å². The van der Waals surface area contributed by atoms with E-state index in [-0.39, 0.29) is 0 Å². The second-order valence-corrected chi connectivity index (χ2v) is 4.89. The predicted molar refractivity (Wildman–Crippen MR) is 71.4 cm³/mol. The Morgan fingerprint density at radius 2 is 1.82 bits per heavy atom. The Balaban J connectivity index is 1.77. The molecule has 1 aliphatic rings. The summed E-state index contributed by atoms with van der Waals surface area (Å²) in [6, 6.07) is 8.53. The zero-order valence-corrected chi connectivity index (χ0v) is 10.5. The fourth-order valence-corrected chi connectivity index (χ4v) is 2.36. The smallest absolute Gasteiger partial charge is 0.119 e. The van der Waals surface area contributed by atoms with E-state index in [1.54, 1.807) is 7.11 Å². The van der Waals surface area contributed by atoms with Crippen molar-refractivity contribution in [3.8, 4) is 5.75 Å². The van der Waals surface area contributed by atoms with Crippen molar-refractivity contribution < 1.29 is 4.74 Å². The molecular weight excluding hydrogens is 212 g/mol. The second-order valence-electron chi connectivity index (χ2n) is 4.89. The monoisotopic (exact) mass is 234 g/mol. The molecule has 0 atom stereocenters. The molecule has 0 saturated heterocycles. The van der Waals surface area contributed by atoms with Crippen LogP contribution in [0.1, 0.15) is 25.7 Å². The molecule has 2 rings (SSSR count). The van der Waals surface area contributed by atoms with E-state index >= 15 is 0 Å². The highest BCUT2D eigenvalue weighted by Gasteiger charge is 2.17. The number of ether oxygens (including phenoxy) is 1. The van der Waals surface area contributed by atoms with E-state index in [0.29, 0.717) is 6.04 Å². The summed E-state index contributed by atoms with van der Waals surface area (Å²) in [6.07, 6.45) is 4.86. The zero-order valence-electron chi connectivity index (χ0n) is 10.5. The molecule has 0 aliphatic heterocycles. The van der Waals surface area contributed by atoms with E-state index in [4.69, 9.17) is 10.5 Å². The Hall–Kier alpha value is -1.22. The topological polar surface area (TPSA) is 47.3 Å². The Morgan fingerprint density at radius 1 is 1.18 bits per heavy atom. The third-order valence-electron chi connectivity index (χ3n) is 3.58. The summed E-state index contributed by atoms with van der Waals surface area (Å²) in [4.78, 5) is 0. The maximum Gasteiger partial charge on any atom is 0.119 e. The highest BCUT2D eigenvalue weighted by atomic mass is 16.5. The number of benzene rings is 1. The standard InChI is InChI=1S/C14H22N2O/c1-17-14-8-6-13(7-9-14)16-10-11-2-4-12(15)5-3-11/h6-9,11-12,16H,2-5,10,15H2,1H3. The average Bonchev–Trinajstić information content (AvgIpc) is 2.39. The molecule has 3 heteroatoms. The predicted octanol–water partition coefficient (Wildman–Crippen LogP) is 2.62. The van der Waals surface area contributed by atoms with Crippen molar-refractivity contribution in [2.75, 3.05) is 19.0 Å². The van der Waals surface area contributed by atoms with Gasteiger partial charge in [-0.05, 0) is 55.9 Å². The van der Waals surface area contributed by atoms with Crippen LogP contribution in [0.15, 0.2) is 24.3 Å². The molecule has 1 aromatic rings.